The molecule has 0 fully saturated rings. The largest absolute Gasteiger partial charge is 0.398 e. The van der Waals surface area contributed by atoms with E-state index in [-0.39, 0.29) is 17.5 Å². The quantitative estimate of drug-likeness (QED) is 0.246. The highest BCUT2D eigenvalue weighted by molar-refractivity contribution is 5.94. The highest BCUT2D eigenvalue weighted by Gasteiger charge is 2.19. The van der Waals surface area contributed by atoms with Crippen LogP contribution in [0.15, 0.2) is 47.4 Å². The van der Waals surface area contributed by atoms with Crippen molar-refractivity contribution in [2.24, 2.45) is 0 Å². The van der Waals surface area contributed by atoms with Crippen LogP contribution in [0.4, 0.5) is 33.2 Å². The van der Waals surface area contributed by atoms with Gasteiger partial charge in [-0.1, -0.05) is 6.07 Å². The summed E-state index contributed by atoms with van der Waals surface area (Å²) < 4.78 is 14.7. The fourth-order valence-corrected chi connectivity index (χ4v) is 3.24. The number of nitrogens with zero attached hydrogens (tertiary/aromatic N) is 3. The number of imidazole rings is 1. The van der Waals surface area contributed by atoms with E-state index in [9.17, 15) is 9.18 Å². The Bertz CT molecular complexity index is 1300. The van der Waals surface area contributed by atoms with Crippen LogP contribution in [0, 0.1) is 11.2 Å². The summed E-state index contributed by atoms with van der Waals surface area (Å²) in [5.74, 6) is -0.367. The van der Waals surface area contributed by atoms with Gasteiger partial charge in [0.25, 0.3) is 0 Å². The smallest absolute Gasteiger partial charge is 0.323 e. The van der Waals surface area contributed by atoms with Crippen molar-refractivity contribution in [3.63, 3.8) is 0 Å². The molecule has 30 heavy (non-hydrogen) atoms. The first-order valence-corrected chi connectivity index (χ1v) is 9.18. The predicted octanol–water partition coefficient (Wildman–Crippen LogP) is 3.27. The standard InChI is InChI=1S/C20H19FN8O/c1-2-29(17-5-3-4-14(23)12(17)9-22)18-13(21)10-24-19(28-18)25-11-6-7-15-16(8-11)27-20(30)26-15/h3-10,22H,2,23H2,1H3,(H,24,25,28)(H2,26,27,30). The maximum atomic E-state index is 14.7. The first kappa shape index (κ1) is 19.1. The molecule has 0 aliphatic heterocycles. The normalized spacial score (nSPS) is 10.9. The van der Waals surface area contributed by atoms with Gasteiger partial charge in [0.05, 0.1) is 22.9 Å². The van der Waals surface area contributed by atoms with E-state index >= 15 is 0 Å². The zero-order valence-corrected chi connectivity index (χ0v) is 16.0. The molecule has 152 valence electrons. The molecule has 2 aromatic heterocycles. The summed E-state index contributed by atoms with van der Waals surface area (Å²) in [6.07, 6.45) is 2.22. The highest BCUT2D eigenvalue weighted by atomic mass is 19.1. The van der Waals surface area contributed by atoms with Gasteiger partial charge < -0.3 is 31.3 Å². The average Bonchev–Trinajstić information content (AvgIpc) is 3.10. The Morgan fingerprint density at radius 3 is 2.83 bits per heavy atom. The summed E-state index contributed by atoms with van der Waals surface area (Å²) in [7, 11) is 0. The molecule has 4 rings (SSSR count). The maximum Gasteiger partial charge on any atom is 0.323 e. The summed E-state index contributed by atoms with van der Waals surface area (Å²) in [4.78, 5) is 26.8. The van der Waals surface area contributed by atoms with Crippen molar-refractivity contribution in [1.82, 2.24) is 19.9 Å². The van der Waals surface area contributed by atoms with Crippen molar-refractivity contribution in [3.05, 3.63) is 64.5 Å². The monoisotopic (exact) mass is 406 g/mol. The second-order valence-corrected chi connectivity index (χ2v) is 6.50. The lowest BCUT2D eigenvalue weighted by Crippen LogP contribution is -2.21. The van der Waals surface area contributed by atoms with Crippen LogP contribution in [0.1, 0.15) is 12.5 Å². The van der Waals surface area contributed by atoms with Gasteiger partial charge >= 0.3 is 5.69 Å². The number of hydrogen-bond donors (Lipinski definition) is 5. The SMILES string of the molecule is CCN(c1cccc(N)c1C=N)c1nc(Nc2ccc3[nH]c(=O)[nH]c3c2)ncc1F. The number of anilines is 5. The van der Waals surface area contributed by atoms with Crippen LogP contribution in [0.3, 0.4) is 0 Å². The first-order chi connectivity index (χ1) is 14.5. The molecule has 0 aliphatic rings. The van der Waals surface area contributed by atoms with Gasteiger partial charge in [-0.15, -0.1) is 0 Å². The van der Waals surface area contributed by atoms with E-state index in [0.29, 0.717) is 40.2 Å². The van der Waals surface area contributed by atoms with Crippen LogP contribution in [0.5, 0.6) is 0 Å². The summed E-state index contributed by atoms with van der Waals surface area (Å²) in [6, 6.07) is 10.4. The number of fused-ring (bicyclic) bond motifs is 1. The maximum absolute atomic E-state index is 14.7. The third-order valence-electron chi connectivity index (χ3n) is 4.62. The van der Waals surface area contributed by atoms with Crippen molar-refractivity contribution in [3.8, 4) is 0 Å². The van der Waals surface area contributed by atoms with Gasteiger partial charge in [0.1, 0.15) is 0 Å². The lowest BCUT2D eigenvalue weighted by Gasteiger charge is -2.25. The molecule has 0 saturated carbocycles. The van der Waals surface area contributed by atoms with Crippen molar-refractivity contribution >= 4 is 46.1 Å². The second-order valence-electron chi connectivity index (χ2n) is 6.50. The third kappa shape index (κ3) is 3.46. The molecule has 0 spiro atoms. The minimum absolute atomic E-state index is 0.0554. The fraction of sp³-hybridized carbons (Fsp3) is 0.100. The Kier molecular flexibility index (Phi) is 4.88. The number of nitrogens with two attached hydrogens (primary N) is 1. The van der Waals surface area contributed by atoms with Gasteiger partial charge in [-0.3, -0.25) is 0 Å². The molecule has 2 heterocycles. The van der Waals surface area contributed by atoms with Gasteiger partial charge in [-0.05, 0) is 37.3 Å². The molecular weight excluding hydrogens is 387 g/mol. The molecule has 0 radical (unpaired) electrons. The Morgan fingerprint density at radius 2 is 2.07 bits per heavy atom. The number of rotatable bonds is 6. The zero-order chi connectivity index (χ0) is 21.3. The fourth-order valence-electron chi connectivity index (χ4n) is 3.24. The summed E-state index contributed by atoms with van der Waals surface area (Å²) in [5, 5.41) is 10.7. The molecule has 6 N–H and O–H groups in total. The molecule has 0 atom stereocenters. The molecular formula is C20H19FN8O. The van der Waals surface area contributed by atoms with Gasteiger partial charge in [0.15, 0.2) is 11.6 Å². The number of nitrogens with one attached hydrogen (secondary N) is 4. The van der Waals surface area contributed by atoms with Crippen LogP contribution >= 0.6 is 0 Å². The number of benzene rings is 2. The minimum atomic E-state index is -0.605. The molecule has 0 amide bonds. The van der Waals surface area contributed by atoms with Gasteiger partial charge in [-0.2, -0.15) is 4.98 Å². The van der Waals surface area contributed by atoms with E-state index in [1.165, 1.54) is 0 Å². The highest BCUT2D eigenvalue weighted by Crippen LogP contribution is 2.31. The summed E-state index contributed by atoms with van der Waals surface area (Å²) in [5.41, 5.74) is 9.07. The third-order valence-corrected chi connectivity index (χ3v) is 4.62. The van der Waals surface area contributed by atoms with Crippen molar-refractivity contribution in [2.75, 3.05) is 22.5 Å². The molecule has 2 aromatic carbocycles. The van der Waals surface area contributed by atoms with Gasteiger partial charge in [0.2, 0.25) is 5.95 Å². The summed E-state index contributed by atoms with van der Waals surface area (Å²) in [6.45, 7) is 2.25. The van der Waals surface area contributed by atoms with E-state index < -0.39 is 5.82 Å². The van der Waals surface area contributed by atoms with E-state index in [4.69, 9.17) is 11.1 Å². The molecule has 0 saturated heterocycles. The van der Waals surface area contributed by atoms with E-state index in [1.807, 2.05) is 6.92 Å². The second kappa shape index (κ2) is 7.66. The van der Waals surface area contributed by atoms with Crippen molar-refractivity contribution in [2.45, 2.75) is 6.92 Å². The number of halogens is 1. The van der Waals surface area contributed by atoms with Gasteiger partial charge in [-0.25, -0.2) is 14.2 Å². The number of hydrogen-bond acceptors (Lipinski definition) is 7. The number of aromatic nitrogens is 4. The van der Waals surface area contributed by atoms with E-state index in [1.54, 1.807) is 41.3 Å². The summed E-state index contributed by atoms with van der Waals surface area (Å²) >= 11 is 0. The molecule has 0 aliphatic carbocycles. The van der Waals surface area contributed by atoms with Crippen LogP contribution in [0.2, 0.25) is 0 Å². The molecule has 9 nitrogen and oxygen atoms in total. The first-order valence-electron chi connectivity index (χ1n) is 9.18. The molecule has 4 aromatic rings. The van der Waals surface area contributed by atoms with Crippen LogP contribution in [-0.4, -0.2) is 32.7 Å². The Labute approximate surface area is 170 Å². The van der Waals surface area contributed by atoms with Crippen molar-refractivity contribution in [1.29, 1.82) is 5.41 Å². The van der Waals surface area contributed by atoms with Crippen molar-refractivity contribution < 1.29 is 4.39 Å². The van der Waals surface area contributed by atoms with Gasteiger partial charge in [0, 0.05) is 29.7 Å². The number of nitrogen functional groups attached to an aromatic ring is 1. The van der Waals surface area contributed by atoms with E-state index in [0.717, 1.165) is 12.4 Å². The lowest BCUT2D eigenvalue weighted by molar-refractivity contribution is 0.612. The number of aromatic amines is 2. The molecule has 10 heteroatoms. The zero-order valence-electron chi connectivity index (χ0n) is 16.0. The van der Waals surface area contributed by atoms with Crippen LogP contribution in [0.25, 0.3) is 11.0 Å². The Morgan fingerprint density at radius 1 is 1.27 bits per heavy atom. The molecule has 0 bridgehead atoms. The predicted molar refractivity (Wildman–Crippen MR) is 116 cm³/mol. The average molecular weight is 406 g/mol. The van der Waals surface area contributed by atoms with Crippen LogP contribution in [-0.2, 0) is 0 Å². The lowest BCUT2D eigenvalue weighted by atomic mass is 10.1. The Balaban J connectivity index is 1.72. The minimum Gasteiger partial charge on any atom is -0.398 e. The van der Waals surface area contributed by atoms with E-state index in [2.05, 4.69) is 25.3 Å². The topological polar surface area (TPSA) is 140 Å². The number of H-pyrrole nitrogens is 2. The molecule has 0 unspecified atom stereocenters. The van der Waals surface area contributed by atoms with Crippen LogP contribution < -0.4 is 21.6 Å². The Hall–Kier alpha value is -4.21.